The first kappa shape index (κ1) is 12.7. The minimum Gasteiger partial charge on any atom is -0.387 e. The second-order valence-electron chi connectivity index (χ2n) is 4.71. The molecule has 5 nitrogen and oxygen atoms in total. The summed E-state index contributed by atoms with van der Waals surface area (Å²) >= 11 is 0. The maximum atomic E-state index is 12.0. The van der Waals surface area contributed by atoms with Crippen LogP contribution in [0.1, 0.15) is 29.8 Å². The summed E-state index contributed by atoms with van der Waals surface area (Å²) in [5, 5.41) is 12.8. The summed E-state index contributed by atoms with van der Waals surface area (Å²) in [5.74, 6) is 0.675. The summed E-state index contributed by atoms with van der Waals surface area (Å²) in [6.45, 7) is 1.45. The number of nitrogens with one attached hydrogen (secondary N) is 3. The number of aromatic nitrogens is 1. The minimum absolute atomic E-state index is 0.0565. The van der Waals surface area contributed by atoms with Crippen molar-refractivity contribution in [3.63, 3.8) is 0 Å². The highest BCUT2D eigenvalue weighted by Crippen LogP contribution is 2.31. The zero-order valence-electron chi connectivity index (χ0n) is 10.7. The lowest BCUT2D eigenvalue weighted by atomic mass is 10.3. The lowest BCUT2D eigenvalue weighted by Crippen LogP contribution is -2.27. The standard InChI is InChI=1S/C13H20N4O/c1-15-11-7-12(13(18)16-6-2-5-14)17(9-11)8-10-3-4-10/h5,7,9-10,14-15H,2-4,6,8H2,1H3,(H,16,18). The molecule has 1 fully saturated rings. The summed E-state index contributed by atoms with van der Waals surface area (Å²) in [7, 11) is 1.85. The average molecular weight is 248 g/mol. The van der Waals surface area contributed by atoms with E-state index in [1.807, 2.05) is 23.9 Å². The van der Waals surface area contributed by atoms with Crippen LogP contribution in [0.4, 0.5) is 5.69 Å². The SMILES string of the molecule is CNc1cc(C(=O)NCCC=N)n(CC2CC2)c1. The highest BCUT2D eigenvalue weighted by molar-refractivity contribution is 5.94. The summed E-state index contributed by atoms with van der Waals surface area (Å²) in [6, 6.07) is 1.88. The highest BCUT2D eigenvalue weighted by Gasteiger charge is 2.24. The highest BCUT2D eigenvalue weighted by atomic mass is 16.1. The van der Waals surface area contributed by atoms with Crippen LogP contribution in [0.25, 0.3) is 0 Å². The number of anilines is 1. The number of amides is 1. The molecule has 1 aliphatic rings. The van der Waals surface area contributed by atoms with Crippen molar-refractivity contribution in [3.05, 3.63) is 18.0 Å². The zero-order valence-corrected chi connectivity index (χ0v) is 10.7. The van der Waals surface area contributed by atoms with E-state index in [0.717, 1.165) is 18.2 Å². The maximum Gasteiger partial charge on any atom is 0.267 e. The number of rotatable bonds is 7. The Bertz CT molecular complexity index is 434. The van der Waals surface area contributed by atoms with Crippen LogP contribution in [-0.4, -0.2) is 30.3 Å². The monoisotopic (exact) mass is 248 g/mol. The van der Waals surface area contributed by atoms with Crippen LogP contribution in [-0.2, 0) is 6.54 Å². The molecule has 0 atom stereocenters. The fourth-order valence-electron chi connectivity index (χ4n) is 1.92. The Kier molecular flexibility index (Phi) is 4.02. The molecule has 1 amide bonds. The van der Waals surface area contributed by atoms with Crippen molar-refractivity contribution in [1.29, 1.82) is 5.41 Å². The Morgan fingerprint density at radius 1 is 1.61 bits per heavy atom. The first-order valence-electron chi connectivity index (χ1n) is 6.39. The van der Waals surface area contributed by atoms with Gasteiger partial charge >= 0.3 is 0 Å². The van der Waals surface area contributed by atoms with Gasteiger partial charge in [-0.2, -0.15) is 0 Å². The molecule has 1 aromatic heterocycles. The fraction of sp³-hybridized carbons (Fsp3) is 0.538. The van der Waals surface area contributed by atoms with Gasteiger partial charge < -0.3 is 20.6 Å². The van der Waals surface area contributed by atoms with Crippen molar-refractivity contribution in [2.45, 2.75) is 25.8 Å². The number of carbonyl (C=O) groups is 1. The van der Waals surface area contributed by atoms with E-state index in [9.17, 15) is 4.79 Å². The van der Waals surface area contributed by atoms with E-state index < -0.39 is 0 Å². The van der Waals surface area contributed by atoms with Gasteiger partial charge in [-0.05, 0) is 37.5 Å². The van der Waals surface area contributed by atoms with E-state index in [1.54, 1.807) is 0 Å². The number of hydrogen-bond donors (Lipinski definition) is 3. The van der Waals surface area contributed by atoms with Gasteiger partial charge in [-0.1, -0.05) is 0 Å². The van der Waals surface area contributed by atoms with E-state index in [1.165, 1.54) is 19.1 Å². The molecule has 0 unspecified atom stereocenters. The Morgan fingerprint density at radius 3 is 3.00 bits per heavy atom. The van der Waals surface area contributed by atoms with Crippen LogP contribution in [0, 0.1) is 11.3 Å². The molecule has 0 bridgehead atoms. The quantitative estimate of drug-likeness (QED) is 0.508. The van der Waals surface area contributed by atoms with Crippen LogP contribution < -0.4 is 10.6 Å². The third-order valence-electron chi connectivity index (χ3n) is 3.14. The third-order valence-corrected chi connectivity index (χ3v) is 3.14. The van der Waals surface area contributed by atoms with Gasteiger partial charge in [0.25, 0.3) is 5.91 Å². The van der Waals surface area contributed by atoms with E-state index >= 15 is 0 Å². The van der Waals surface area contributed by atoms with Gasteiger partial charge in [0.15, 0.2) is 0 Å². The second kappa shape index (κ2) is 5.71. The molecule has 3 N–H and O–H groups in total. The molecular formula is C13H20N4O. The summed E-state index contributed by atoms with van der Waals surface area (Å²) in [4.78, 5) is 12.0. The van der Waals surface area contributed by atoms with Gasteiger partial charge in [0, 0.05) is 26.3 Å². The molecule has 0 spiro atoms. The number of carbonyl (C=O) groups excluding carboxylic acids is 1. The summed E-state index contributed by atoms with van der Waals surface area (Å²) in [5.41, 5.74) is 1.67. The molecule has 0 radical (unpaired) electrons. The van der Waals surface area contributed by atoms with E-state index in [0.29, 0.717) is 18.7 Å². The molecule has 1 aromatic rings. The van der Waals surface area contributed by atoms with Crippen LogP contribution in [0.5, 0.6) is 0 Å². The molecule has 0 aromatic carbocycles. The number of nitrogens with zero attached hydrogens (tertiary/aromatic N) is 1. The van der Waals surface area contributed by atoms with Crippen molar-refractivity contribution in [2.75, 3.05) is 18.9 Å². The van der Waals surface area contributed by atoms with Gasteiger partial charge in [-0.3, -0.25) is 4.79 Å². The average Bonchev–Trinajstić information content (AvgIpc) is 3.07. The van der Waals surface area contributed by atoms with Gasteiger partial charge in [-0.25, -0.2) is 0 Å². The smallest absolute Gasteiger partial charge is 0.267 e. The van der Waals surface area contributed by atoms with E-state index in [-0.39, 0.29) is 5.91 Å². The van der Waals surface area contributed by atoms with E-state index in [2.05, 4.69) is 10.6 Å². The minimum atomic E-state index is -0.0565. The molecule has 5 heteroatoms. The summed E-state index contributed by atoms with van der Waals surface area (Å²) in [6.07, 6.45) is 6.41. The van der Waals surface area contributed by atoms with Crippen molar-refractivity contribution < 1.29 is 4.79 Å². The first-order valence-corrected chi connectivity index (χ1v) is 6.39. The van der Waals surface area contributed by atoms with Crippen LogP contribution in [0.2, 0.25) is 0 Å². The lowest BCUT2D eigenvalue weighted by Gasteiger charge is -2.08. The van der Waals surface area contributed by atoms with E-state index in [4.69, 9.17) is 5.41 Å². The topological polar surface area (TPSA) is 69.9 Å². The Balaban J connectivity index is 2.05. The molecule has 1 aliphatic carbocycles. The van der Waals surface area contributed by atoms with Crippen molar-refractivity contribution >= 4 is 17.8 Å². The Labute approximate surface area is 107 Å². The molecule has 0 saturated heterocycles. The van der Waals surface area contributed by atoms with Crippen molar-refractivity contribution in [1.82, 2.24) is 9.88 Å². The fourth-order valence-corrected chi connectivity index (χ4v) is 1.92. The van der Waals surface area contributed by atoms with Crippen molar-refractivity contribution in [3.8, 4) is 0 Å². The molecule has 2 rings (SSSR count). The predicted molar refractivity (Wildman–Crippen MR) is 72.4 cm³/mol. The molecular weight excluding hydrogens is 228 g/mol. The van der Waals surface area contributed by atoms with Gasteiger partial charge in [0.1, 0.15) is 5.69 Å². The van der Waals surface area contributed by atoms with Gasteiger partial charge in [-0.15, -0.1) is 0 Å². The molecule has 0 aliphatic heterocycles. The van der Waals surface area contributed by atoms with Crippen LogP contribution in [0.15, 0.2) is 12.3 Å². The lowest BCUT2D eigenvalue weighted by molar-refractivity contribution is 0.0945. The van der Waals surface area contributed by atoms with Crippen LogP contribution in [0.3, 0.4) is 0 Å². The Morgan fingerprint density at radius 2 is 2.39 bits per heavy atom. The first-order chi connectivity index (χ1) is 8.74. The number of hydrogen-bond acceptors (Lipinski definition) is 3. The second-order valence-corrected chi connectivity index (χ2v) is 4.71. The molecule has 98 valence electrons. The Hall–Kier alpha value is -1.78. The third kappa shape index (κ3) is 3.12. The summed E-state index contributed by atoms with van der Waals surface area (Å²) < 4.78 is 2.03. The molecule has 18 heavy (non-hydrogen) atoms. The molecule has 1 saturated carbocycles. The van der Waals surface area contributed by atoms with Crippen LogP contribution >= 0.6 is 0 Å². The normalized spacial score (nSPS) is 14.3. The van der Waals surface area contributed by atoms with Gasteiger partial charge in [0.05, 0.1) is 5.69 Å². The maximum absolute atomic E-state index is 12.0. The zero-order chi connectivity index (χ0) is 13.0. The largest absolute Gasteiger partial charge is 0.387 e. The van der Waals surface area contributed by atoms with Gasteiger partial charge in [0.2, 0.25) is 0 Å². The molecule has 1 heterocycles. The predicted octanol–water partition coefficient (Wildman–Crippen LogP) is 1.71. The van der Waals surface area contributed by atoms with Crippen molar-refractivity contribution in [2.24, 2.45) is 5.92 Å².